The van der Waals surface area contributed by atoms with Gasteiger partial charge in [0.2, 0.25) is 0 Å². The Morgan fingerprint density at radius 3 is 2.55 bits per heavy atom. The molecule has 1 fully saturated rings. The third kappa shape index (κ3) is 3.72. The Morgan fingerprint density at radius 1 is 1.30 bits per heavy atom. The highest BCUT2D eigenvalue weighted by Gasteiger charge is 2.27. The van der Waals surface area contributed by atoms with Crippen LogP contribution in [0.1, 0.15) is 12.8 Å². The minimum Gasteiger partial charge on any atom is -0.483 e. The number of carboxylic acids is 1. The lowest BCUT2D eigenvalue weighted by Gasteiger charge is -2.30. The molecule has 1 aromatic rings. The molecule has 0 spiro atoms. The number of benzene rings is 1. The molecule has 20 heavy (non-hydrogen) atoms. The number of rotatable bonds is 4. The third-order valence-electron chi connectivity index (χ3n) is 3.38. The number of hydrogen-bond acceptors (Lipinski definition) is 3. The van der Waals surface area contributed by atoms with Gasteiger partial charge in [0.15, 0.2) is 6.61 Å². The maximum absolute atomic E-state index is 12.0. The summed E-state index contributed by atoms with van der Waals surface area (Å²) in [6.45, 7) is 0.935. The van der Waals surface area contributed by atoms with E-state index < -0.39 is 5.97 Å². The van der Waals surface area contributed by atoms with Crippen molar-refractivity contribution in [1.29, 1.82) is 0 Å². The van der Waals surface area contributed by atoms with Crippen molar-refractivity contribution in [1.82, 2.24) is 4.90 Å². The molecule has 5 nitrogen and oxygen atoms in total. The monoisotopic (exact) mass is 341 g/mol. The molecule has 0 aromatic heterocycles. The van der Waals surface area contributed by atoms with Gasteiger partial charge in [0.1, 0.15) is 5.75 Å². The number of nitrogens with zero attached hydrogens (tertiary/aromatic N) is 1. The van der Waals surface area contributed by atoms with E-state index in [2.05, 4.69) is 15.9 Å². The van der Waals surface area contributed by atoms with Gasteiger partial charge in [-0.15, -0.1) is 0 Å². The topological polar surface area (TPSA) is 66.8 Å². The van der Waals surface area contributed by atoms with E-state index in [1.807, 2.05) is 18.2 Å². The van der Waals surface area contributed by atoms with Crippen molar-refractivity contribution in [3.05, 3.63) is 28.7 Å². The van der Waals surface area contributed by atoms with Gasteiger partial charge in [0.25, 0.3) is 5.91 Å². The van der Waals surface area contributed by atoms with Crippen molar-refractivity contribution in [3.8, 4) is 5.75 Å². The van der Waals surface area contributed by atoms with E-state index in [0.29, 0.717) is 31.7 Å². The second-order valence-corrected chi connectivity index (χ2v) is 5.57. The molecule has 0 atom stereocenters. The maximum Gasteiger partial charge on any atom is 0.306 e. The van der Waals surface area contributed by atoms with E-state index in [1.54, 1.807) is 11.0 Å². The van der Waals surface area contributed by atoms with Crippen molar-refractivity contribution in [3.63, 3.8) is 0 Å². The smallest absolute Gasteiger partial charge is 0.306 e. The Morgan fingerprint density at radius 2 is 1.95 bits per heavy atom. The lowest BCUT2D eigenvalue weighted by atomic mass is 9.97. The first-order valence-electron chi connectivity index (χ1n) is 6.46. The summed E-state index contributed by atoms with van der Waals surface area (Å²) in [6, 6.07) is 7.34. The summed E-state index contributed by atoms with van der Waals surface area (Å²) in [5.74, 6) is -0.587. The van der Waals surface area contributed by atoms with Crippen molar-refractivity contribution in [2.75, 3.05) is 19.7 Å². The number of aliphatic carboxylic acids is 1. The number of halogens is 1. The van der Waals surface area contributed by atoms with Gasteiger partial charge in [-0.1, -0.05) is 12.1 Å². The van der Waals surface area contributed by atoms with Gasteiger partial charge < -0.3 is 14.7 Å². The summed E-state index contributed by atoms with van der Waals surface area (Å²) < 4.78 is 6.27. The zero-order valence-corrected chi connectivity index (χ0v) is 12.5. The number of amides is 1. The highest BCUT2D eigenvalue weighted by molar-refractivity contribution is 9.10. The van der Waals surface area contributed by atoms with Gasteiger partial charge in [0, 0.05) is 13.1 Å². The van der Waals surface area contributed by atoms with Crippen molar-refractivity contribution in [2.45, 2.75) is 12.8 Å². The molecule has 1 saturated heterocycles. The van der Waals surface area contributed by atoms with Crippen LogP contribution < -0.4 is 4.74 Å². The number of likely N-dealkylation sites (tertiary alicyclic amines) is 1. The summed E-state index contributed by atoms with van der Waals surface area (Å²) >= 11 is 3.35. The first-order chi connectivity index (χ1) is 9.58. The fourth-order valence-electron chi connectivity index (χ4n) is 2.17. The van der Waals surface area contributed by atoms with Gasteiger partial charge in [0.05, 0.1) is 10.4 Å². The number of hydrogen-bond donors (Lipinski definition) is 1. The van der Waals surface area contributed by atoms with E-state index in [9.17, 15) is 9.59 Å². The standard InChI is InChI=1S/C14H16BrNO4/c15-11-3-1-2-4-12(11)20-9-13(17)16-7-5-10(6-8-16)14(18)19/h1-4,10H,5-9H2,(H,18,19). The zero-order valence-electron chi connectivity index (χ0n) is 10.9. The minimum absolute atomic E-state index is 0.0274. The quantitative estimate of drug-likeness (QED) is 0.911. The molecule has 108 valence electrons. The molecule has 0 saturated carbocycles. The van der Waals surface area contributed by atoms with Crippen LogP contribution in [0.5, 0.6) is 5.75 Å². The number of carbonyl (C=O) groups excluding carboxylic acids is 1. The lowest BCUT2D eigenvalue weighted by Crippen LogP contribution is -2.42. The molecule has 1 amide bonds. The highest BCUT2D eigenvalue weighted by atomic mass is 79.9. The predicted molar refractivity (Wildman–Crippen MR) is 76.6 cm³/mol. The number of piperidine rings is 1. The highest BCUT2D eigenvalue weighted by Crippen LogP contribution is 2.24. The summed E-state index contributed by atoms with van der Waals surface area (Å²) in [7, 11) is 0. The van der Waals surface area contributed by atoms with Gasteiger partial charge >= 0.3 is 5.97 Å². The first-order valence-corrected chi connectivity index (χ1v) is 7.25. The van der Waals surface area contributed by atoms with Gasteiger partial charge in [-0.25, -0.2) is 0 Å². The first kappa shape index (κ1) is 14.8. The summed E-state index contributed by atoms with van der Waals surface area (Å²) in [6.07, 6.45) is 1.02. The molecule has 1 aliphatic heterocycles. The maximum atomic E-state index is 12.0. The van der Waals surface area contributed by atoms with Gasteiger partial charge in [-0.2, -0.15) is 0 Å². The Hall–Kier alpha value is -1.56. The predicted octanol–water partition coefficient (Wildman–Crippen LogP) is 2.15. The second kappa shape index (κ2) is 6.74. The lowest BCUT2D eigenvalue weighted by molar-refractivity contribution is -0.146. The van der Waals surface area contributed by atoms with Crippen LogP contribution in [-0.4, -0.2) is 41.6 Å². The Bertz CT molecular complexity index is 498. The van der Waals surface area contributed by atoms with Crippen LogP contribution in [0.25, 0.3) is 0 Å². The fraction of sp³-hybridized carbons (Fsp3) is 0.429. The van der Waals surface area contributed by atoms with Crippen LogP contribution in [0.15, 0.2) is 28.7 Å². The van der Waals surface area contributed by atoms with Crippen molar-refractivity contribution < 1.29 is 19.4 Å². The molecule has 1 N–H and O–H groups in total. The van der Waals surface area contributed by atoms with E-state index >= 15 is 0 Å². The molecule has 1 heterocycles. The Labute approximate surface area is 125 Å². The van der Waals surface area contributed by atoms with Crippen LogP contribution in [-0.2, 0) is 9.59 Å². The number of ether oxygens (including phenoxy) is 1. The largest absolute Gasteiger partial charge is 0.483 e. The van der Waals surface area contributed by atoms with E-state index in [0.717, 1.165) is 4.47 Å². The number of carboxylic acid groups (broad SMARTS) is 1. The van der Waals surface area contributed by atoms with Crippen LogP contribution in [0.3, 0.4) is 0 Å². The molecule has 0 aliphatic carbocycles. The van der Waals surface area contributed by atoms with Gasteiger partial charge in [-0.3, -0.25) is 9.59 Å². The molecule has 1 aliphatic rings. The van der Waals surface area contributed by atoms with Crippen molar-refractivity contribution in [2.24, 2.45) is 5.92 Å². The van der Waals surface area contributed by atoms with Crippen LogP contribution >= 0.6 is 15.9 Å². The summed E-state index contributed by atoms with van der Waals surface area (Å²) in [4.78, 5) is 24.5. The normalized spacial score (nSPS) is 15.9. The van der Waals surface area contributed by atoms with E-state index in [4.69, 9.17) is 9.84 Å². The van der Waals surface area contributed by atoms with Gasteiger partial charge in [-0.05, 0) is 40.9 Å². The summed E-state index contributed by atoms with van der Waals surface area (Å²) in [5.41, 5.74) is 0. The van der Waals surface area contributed by atoms with Crippen LogP contribution in [0, 0.1) is 5.92 Å². The number of para-hydroxylation sites is 1. The van der Waals surface area contributed by atoms with Crippen LogP contribution in [0.4, 0.5) is 0 Å². The Balaban J connectivity index is 1.82. The minimum atomic E-state index is -0.776. The molecule has 1 aromatic carbocycles. The molecule has 6 heteroatoms. The molecule has 0 bridgehead atoms. The second-order valence-electron chi connectivity index (χ2n) is 4.71. The molecular formula is C14H16BrNO4. The molecule has 0 unspecified atom stereocenters. The zero-order chi connectivity index (χ0) is 14.5. The van der Waals surface area contributed by atoms with E-state index in [-0.39, 0.29) is 18.4 Å². The van der Waals surface area contributed by atoms with E-state index in [1.165, 1.54) is 0 Å². The average molecular weight is 342 g/mol. The third-order valence-corrected chi connectivity index (χ3v) is 4.04. The fourth-order valence-corrected chi connectivity index (χ4v) is 2.57. The molecular weight excluding hydrogens is 326 g/mol. The SMILES string of the molecule is O=C(O)C1CCN(C(=O)COc2ccccc2Br)CC1. The Kier molecular flexibility index (Phi) is 5.00. The number of carbonyl (C=O) groups is 2. The van der Waals surface area contributed by atoms with Crippen LogP contribution in [0.2, 0.25) is 0 Å². The summed E-state index contributed by atoms with van der Waals surface area (Å²) in [5, 5.41) is 8.91. The van der Waals surface area contributed by atoms with Crippen molar-refractivity contribution >= 4 is 27.8 Å². The molecule has 2 rings (SSSR count). The average Bonchev–Trinajstić information content (AvgIpc) is 2.46. The molecule has 0 radical (unpaired) electrons.